The van der Waals surface area contributed by atoms with Crippen LogP contribution in [0.1, 0.15) is 11.1 Å². The first-order chi connectivity index (χ1) is 10.1. The Kier molecular flexibility index (Phi) is 3.10. The highest BCUT2D eigenvalue weighted by atomic mass is 16.3. The van der Waals surface area contributed by atoms with Crippen LogP contribution in [-0.4, -0.2) is 20.1 Å². The number of nitrogens with zero attached hydrogens (tertiary/aromatic N) is 3. The zero-order valence-electron chi connectivity index (χ0n) is 11.9. The molecule has 0 saturated carbocycles. The lowest BCUT2D eigenvalue weighted by molar-refractivity contribution is 0.475. The van der Waals surface area contributed by atoms with Crippen LogP contribution in [0.2, 0.25) is 0 Å². The predicted molar refractivity (Wildman–Crippen MR) is 82.3 cm³/mol. The van der Waals surface area contributed by atoms with Crippen LogP contribution in [-0.2, 0) is 0 Å². The first-order valence-corrected chi connectivity index (χ1v) is 6.64. The summed E-state index contributed by atoms with van der Waals surface area (Å²) in [6.07, 6.45) is 0. The fourth-order valence-corrected chi connectivity index (χ4v) is 2.38. The smallest absolute Gasteiger partial charge is 0.155 e. The minimum atomic E-state index is 0.162. The van der Waals surface area contributed by atoms with Crippen molar-refractivity contribution in [1.29, 1.82) is 0 Å². The van der Waals surface area contributed by atoms with Gasteiger partial charge in [0.25, 0.3) is 0 Å². The van der Waals surface area contributed by atoms with Gasteiger partial charge >= 0.3 is 0 Å². The zero-order chi connectivity index (χ0) is 15.0. The first kappa shape index (κ1) is 13.2. The minimum absolute atomic E-state index is 0.162. The summed E-state index contributed by atoms with van der Waals surface area (Å²) in [5.74, 6) is 0.614. The molecule has 0 amide bonds. The summed E-state index contributed by atoms with van der Waals surface area (Å²) in [5, 5.41) is 17.8. The van der Waals surface area contributed by atoms with Gasteiger partial charge in [-0.2, -0.15) is 4.68 Å². The lowest BCUT2D eigenvalue weighted by Gasteiger charge is -2.06. The van der Waals surface area contributed by atoms with E-state index in [-0.39, 0.29) is 5.75 Å². The maximum Gasteiger partial charge on any atom is 0.155 e. The number of rotatable bonds is 2. The molecule has 0 fully saturated rings. The van der Waals surface area contributed by atoms with E-state index in [1.54, 1.807) is 18.2 Å². The van der Waals surface area contributed by atoms with Crippen LogP contribution in [0.4, 0.5) is 5.82 Å². The molecule has 0 spiro atoms. The van der Waals surface area contributed by atoms with Gasteiger partial charge in [-0.25, -0.2) is 0 Å². The average Bonchev–Trinajstić information content (AvgIpc) is 2.81. The zero-order valence-corrected chi connectivity index (χ0v) is 11.9. The number of aromatic nitrogens is 3. The lowest BCUT2D eigenvalue weighted by Crippen LogP contribution is -2.02. The maximum absolute atomic E-state index is 9.56. The molecule has 0 atom stereocenters. The van der Waals surface area contributed by atoms with E-state index in [0.29, 0.717) is 17.2 Å². The number of aromatic hydroxyl groups is 1. The molecule has 0 radical (unpaired) electrons. The van der Waals surface area contributed by atoms with Gasteiger partial charge in [-0.15, -0.1) is 5.10 Å². The van der Waals surface area contributed by atoms with Crippen molar-refractivity contribution in [3.05, 3.63) is 53.6 Å². The van der Waals surface area contributed by atoms with E-state index in [9.17, 15) is 5.11 Å². The van der Waals surface area contributed by atoms with E-state index in [1.807, 2.05) is 32.0 Å². The molecule has 0 unspecified atom stereocenters. The van der Waals surface area contributed by atoms with Gasteiger partial charge in [0.05, 0.1) is 5.69 Å². The molecule has 0 bridgehead atoms. The molecule has 2 aromatic carbocycles. The van der Waals surface area contributed by atoms with Gasteiger partial charge in [-0.05, 0) is 31.5 Å². The van der Waals surface area contributed by atoms with E-state index in [2.05, 4.69) is 16.4 Å². The van der Waals surface area contributed by atoms with Gasteiger partial charge in [0.15, 0.2) is 5.82 Å². The third-order valence-electron chi connectivity index (χ3n) is 3.42. The number of phenolic OH excluding ortho intramolecular Hbond substituents is 1. The molecular formula is C16H16N4O. The SMILES string of the molecule is Cc1ccc(-c2nnn(-c3cccc(O)c3)c2N)c(C)c1. The number of hydrogen-bond acceptors (Lipinski definition) is 4. The average molecular weight is 280 g/mol. The fraction of sp³-hybridized carbons (Fsp3) is 0.125. The van der Waals surface area contributed by atoms with Crippen LogP contribution in [0, 0.1) is 13.8 Å². The van der Waals surface area contributed by atoms with Crippen molar-refractivity contribution in [2.75, 3.05) is 5.73 Å². The summed E-state index contributed by atoms with van der Waals surface area (Å²) >= 11 is 0. The molecule has 106 valence electrons. The highest BCUT2D eigenvalue weighted by Gasteiger charge is 2.15. The van der Waals surface area contributed by atoms with Crippen molar-refractivity contribution in [2.45, 2.75) is 13.8 Å². The normalized spacial score (nSPS) is 10.8. The van der Waals surface area contributed by atoms with Crippen molar-refractivity contribution in [1.82, 2.24) is 15.0 Å². The molecule has 3 aromatic rings. The second-order valence-electron chi connectivity index (χ2n) is 5.07. The van der Waals surface area contributed by atoms with Gasteiger partial charge < -0.3 is 10.8 Å². The van der Waals surface area contributed by atoms with Crippen molar-refractivity contribution in [3.8, 4) is 22.7 Å². The Balaban J connectivity index is 2.11. The number of benzene rings is 2. The van der Waals surface area contributed by atoms with Crippen LogP contribution in [0.3, 0.4) is 0 Å². The summed E-state index contributed by atoms with van der Waals surface area (Å²) in [7, 11) is 0. The Hall–Kier alpha value is -2.82. The summed E-state index contributed by atoms with van der Waals surface area (Å²) in [6, 6.07) is 12.9. The van der Waals surface area contributed by atoms with Gasteiger partial charge in [0, 0.05) is 11.6 Å². The van der Waals surface area contributed by atoms with Gasteiger partial charge in [0.2, 0.25) is 0 Å². The van der Waals surface area contributed by atoms with Crippen molar-refractivity contribution in [2.24, 2.45) is 0 Å². The second-order valence-corrected chi connectivity index (χ2v) is 5.07. The van der Waals surface area contributed by atoms with E-state index in [4.69, 9.17) is 5.73 Å². The monoisotopic (exact) mass is 280 g/mol. The highest BCUT2D eigenvalue weighted by molar-refractivity contribution is 5.73. The topological polar surface area (TPSA) is 77.0 Å². The van der Waals surface area contributed by atoms with Crippen molar-refractivity contribution in [3.63, 3.8) is 0 Å². The van der Waals surface area contributed by atoms with Crippen molar-refractivity contribution >= 4 is 5.82 Å². The Labute approximate surface area is 122 Å². The molecule has 5 nitrogen and oxygen atoms in total. The molecule has 0 aliphatic rings. The molecular weight excluding hydrogens is 264 g/mol. The van der Waals surface area contributed by atoms with Crippen LogP contribution in [0.15, 0.2) is 42.5 Å². The van der Waals surface area contributed by atoms with E-state index >= 15 is 0 Å². The number of phenols is 1. The predicted octanol–water partition coefficient (Wildman–Crippen LogP) is 2.84. The molecule has 3 rings (SSSR count). The number of hydrogen-bond donors (Lipinski definition) is 2. The third-order valence-corrected chi connectivity index (χ3v) is 3.42. The molecule has 1 aromatic heterocycles. The quantitative estimate of drug-likeness (QED) is 0.756. The summed E-state index contributed by atoms with van der Waals surface area (Å²) in [4.78, 5) is 0. The number of aryl methyl sites for hydroxylation is 2. The van der Waals surface area contributed by atoms with Gasteiger partial charge in [0.1, 0.15) is 11.4 Å². The third kappa shape index (κ3) is 2.33. The van der Waals surface area contributed by atoms with E-state index in [0.717, 1.165) is 11.1 Å². The lowest BCUT2D eigenvalue weighted by atomic mass is 10.0. The summed E-state index contributed by atoms with van der Waals surface area (Å²) < 4.78 is 1.52. The van der Waals surface area contributed by atoms with E-state index in [1.165, 1.54) is 10.2 Å². The van der Waals surface area contributed by atoms with Gasteiger partial charge in [-0.3, -0.25) is 0 Å². The number of nitrogen functional groups attached to an aromatic ring is 1. The van der Waals surface area contributed by atoms with Crippen molar-refractivity contribution < 1.29 is 5.11 Å². The Bertz CT molecular complexity index is 808. The van der Waals surface area contributed by atoms with Crippen LogP contribution >= 0.6 is 0 Å². The molecule has 5 heteroatoms. The first-order valence-electron chi connectivity index (χ1n) is 6.64. The summed E-state index contributed by atoms with van der Waals surface area (Å²) in [5.41, 5.74) is 10.8. The molecule has 3 N–H and O–H groups in total. The van der Waals surface area contributed by atoms with E-state index < -0.39 is 0 Å². The fourth-order valence-electron chi connectivity index (χ4n) is 2.38. The molecule has 0 aliphatic carbocycles. The molecule has 0 aliphatic heterocycles. The highest BCUT2D eigenvalue weighted by Crippen LogP contribution is 2.29. The van der Waals surface area contributed by atoms with Gasteiger partial charge in [-0.1, -0.05) is 35.0 Å². The molecule has 1 heterocycles. The Morgan fingerprint density at radius 1 is 1.10 bits per heavy atom. The largest absolute Gasteiger partial charge is 0.508 e. The van der Waals surface area contributed by atoms with Crippen LogP contribution in [0.5, 0.6) is 5.75 Å². The number of anilines is 1. The minimum Gasteiger partial charge on any atom is -0.508 e. The molecule has 0 saturated heterocycles. The Morgan fingerprint density at radius 2 is 1.90 bits per heavy atom. The number of nitrogens with two attached hydrogens (primary N) is 1. The molecule has 21 heavy (non-hydrogen) atoms. The van der Waals surface area contributed by atoms with Crippen LogP contribution < -0.4 is 5.73 Å². The standard InChI is InChI=1S/C16H16N4O/c1-10-6-7-14(11(2)8-10)15-16(17)20(19-18-15)12-4-3-5-13(21)9-12/h3-9,21H,17H2,1-2H3. The second kappa shape index (κ2) is 4.94. The maximum atomic E-state index is 9.56. The Morgan fingerprint density at radius 3 is 2.62 bits per heavy atom. The summed E-state index contributed by atoms with van der Waals surface area (Å²) in [6.45, 7) is 4.07. The van der Waals surface area contributed by atoms with Crippen LogP contribution in [0.25, 0.3) is 16.9 Å².